The highest BCUT2D eigenvalue weighted by Crippen LogP contribution is 2.33. The van der Waals surface area contributed by atoms with E-state index in [4.69, 9.17) is 11.6 Å². The van der Waals surface area contributed by atoms with Crippen molar-refractivity contribution in [2.24, 2.45) is 0 Å². The standard InChI is InChI=1S/C13H8ClF4N/c1-7-2-3-8(4-10(7)15)11-5-9(13(16,17)18)6-12(14)19-11/h2-6H,1H3. The van der Waals surface area contributed by atoms with E-state index in [1.54, 1.807) is 6.92 Å². The maximum atomic E-state index is 13.4. The van der Waals surface area contributed by atoms with Crippen LogP contribution < -0.4 is 0 Å². The molecule has 2 aromatic rings. The molecule has 2 rings (SSSR count). The highest BCUT2D eigenvalue weighted by atomic mass is 35.5. The number of nitrogens with zero attached hydrogens (tertiary/aromatic N) is 1. The molecule has 1 nitrogen and oxygen atoms in total. The first-order valence-electron chi connectivity index (χ1n) is 5.28. The lowest BCUT2D eigenvalue weighted by Crippen LogP contribution is -2.05. The van der Waals surface area contributed by atoms with Crippen molar-refractivity contribution in [2.45, 2.75) is 13.1 Å². The Balaban J connectivity index is 2.56. The van der Waals surface area contributed by atoms with Gasteiger partial charge in [-0.15, -0.1) is 0 Å². The van der Waals surface area contributed by atoms with Crippen molar-refractivity contribution in [1.82, 2.24) is 4.98 Å². The van der Waals surface area contributed by atoms with Crippen LogP contribution >= 0.6 is 11.6 Å². The van der Waals surface area contributed by atoms with Crippen molar-refractivity contribution in [1.29, 1.82) is 0 Å². The van der Waals surface area contributed by atoms with Gasteiger partial charge in [0.25, 0.3) is 0 Å². The van der Waals surface area contributed by atoms with Gasteiger partial charge in [-0.1, -0.05) is 23.7 Å². The Hall–Kier alpha value is -1.62. The number of aromatic nitrogens is 1. The van der Waals surface area contributed by atoms with Gasteiger partial charge in [-0.3, -0.25) is 0 Å². The third-order valence-electron chi connectivity index (χ3n) is 2.59. The largest absolute Gasteiger partial charge is 0.416 e. The first-order chi connectivity index (χ1) is 8.77. The maximum absolute atomic E-state index is 13.4. The molecular weight excluding hydrogens is 282 g/mol. The van der Waals surface area contributed by atoms with Crippen LogP contribution in [0.2, 0.25) is 5.15 Å². The number of hydrogen-bond donors (Lipinski definition) is 0. The summed E-state index contributed by atoms with van der Waals surface area (Å²) in [7, 11) is 0. The number of alkyl halides is 3. The fourth-order valence-electron chi connectivity index (χ4n) is 1.56. The van der Waals surface area contributed by atoms with E-state index in [-0.39, 0.29) is 16.4 Å². The van der Waals surface area contributed by atoms with Crippen molar-refractivity contribution in [3.63, 3.8) is 0 Å². The molecule has 1 heterocycles. The summed E-state index contributed by atoms with van der Waals surface area (Å²) >= 11 is 5.57. The predicted octanol–water partition coefficient (Wildman–Crippen LogP) is 4.87. The third kappa shape index (κ3) is 3.04. The van der Waals surface area contributed by atoms with Crippen molar-refractivity contribution in [2.75, 3.05) is 0 Å². The lowest BCUT2D eigenvalue weighted by atomic mass is 10.1. The smallest absolute Gasteiger partial charge is 0.236 e. The molecule has 6 heteroatoms. The molecule has 0 N–H and O–H groups in total. The third-order valence-corrected chi connectivity index (χ3v) is 2.78. The van der Waals surface area contributed by atoms with E-state index in [1.807, 2.05) is 0 Å². The molecule has 100 valence electrons. The number of halogens is 5. The van der Waals surface area contributed by atoms with Gasteiger partial charge in [0, 0.05) is 5.56 Å². The van der Waals surface area contributed by atoms with E-state index in [0.717, 1.165) is 18.2 Å². The molecule has 19 heavy (non-hydrogen) atoms. The molecule has 0 aliphatic rings. The van der Waals surface area contributed by atoms with Crippen molar-refractivity contribution < 1.29 is 17.6 Å². The molecule has 0 aliphatic carbocycles. The zero-order valence-electron chi connectivity index (χ0n) is 9.72. The Morgan fingerprint density at radius 3 is 2.37 bits per heavy atom. The van der Waals surface area contributed by atoms with Crippen LogP contribution in [0.4, 0.5) is 17.6 Å². The van der Waals surface area contributed by atoms with Gasteiger partial charge in [0.05, 0.1) is 11.3 Å². The molecule has 0 amide bonds. The van der Waals surface area contributed by atoms with Crippen LogP contribution in [-0.4, -0.2) is 4.98 Å². The fraction of sp³-hybridized carbons (Fsp3) is 0.154. The SMILES string of the molecule is Cc1ccc(-c2cc(C(F)(F)F)cc(Cl)n2)cc1F. The topological polar surface area (TPSA) is 12.9 Å². The van der Waals surface area contributed by atoms with Crippen LogP contribution in [-0.2, 0) is 6.18 Å². The molecule has 0 saturated carbocycles. The van der Waals surface area contributed by atoms with E-state index in [2.05, 4.69) is 4.98 Å². The Morgan fingerprint density at radius 1 is 1.11 bits per heavy atom. The first-order valence-corrected chi connectivity index (χ1v) is 5.66. The molecule has 0 atom stereocenters. The highest BCUT2D eigenvalue weighted by Gasteiger charge is 2.31. The summed E-state index contributed by atoms with van der Waals surface area (Å²) < 4.78 is 51.4. The molecule has 1 aromatic heterocycles. The second-order valence-corrected chi connectivity index (χ2v) is 4.41. The van der Waals surface area contributed by atoms with Gasteiger partial charge in [0.2, 0.25) is 0 Å². The summed E-state index contributed by atoms with van der Waals surface area (Å²) in [5, 5.41) is -0.286. The number of pyridine rings is 1. The van der Waals surface area contributed by atoms with Crippen LogP contribution in [0.1, 0.15) is 11.1 Å². The van der Waals surface area contributed by atoms with Crippen molar-refractivity contribution in [3.8, 4) is 11.3 Å². The van der Waals surface area contributed by atoms with Gasteiger partial charge < -0.3 is 0 Å². The molecule has 0 radical (unpaired) electrons. The van der Waals surface area contributed by atoms with Crippen LogP contribution in [0.3, 0.4) is 0 Å². The van der Waals surface area contributed by atoms with Crippen LogP contribution in [0.15, 0.2) is 30.3 Å². The average Bonchev–Trinajstić information content (AvgIpc) is 2.31. The van der Waals surface area contributed by atoms with E-state index in [0.29, 0.717) is 5.56 Å². The maximum Gasteiger partial charge on any atom is 0.416 e. The molecule has 0 aliphatic heterocycles. The minimum absolute atomic E-state index is 0.0151. The minimum Gasteiger partial charge on any atom is -0.236 e. The number of hydrogen-bond acceptors (Lipinski definition) is 1. The van der Waals surface area contributed by atoms with E-state index in [9.17, 15) is 17.6 Å². The van der Waals surface area contributed by atoms with Crippen LogP contribution in [0, 0.1) is 12.7 Å². The lowest BCUT2D eigenvalue weighted by Gasteiger charge is -2.09. The Kier molecular flexibility index (Phi) is 3.49. The Labute approximate surface area is 111 Å². The zero-order chi connectivity index (χ0) is 14.2. The predicted molar refractivity (Wildman–Crippen MR) is 64.4 cm³/mol. The summed E-state index contributed by atoms with van der Waals surface area (Å²) in [6, 6.07) is 5.68. The minimum atomic E-state index is -4.52. The van der Waals surface area contributed by atoms with Crippen molar-refractivity contribution in [3.05, 3.63) is 52.4 Å². The van der Waals surface area contributed by atoms with Gasteiger partial charge in [0.1, 0.15) is 11.0 Å². The van der Waals surface area contributed by atoms with E-state index in [1.165, 1.54) is 12.1 Å². The van der Waals surface area contributed by atoms with Gasteiger partial charge in [-0.05, 0) is 30.7 Å². The fourth-order valence-corrected chi connectivity index (χ4v) is 1.77. The number of rotatable bonds is 1. The summed E-state index contributed by atoms with van der Waals surface area (Å²) in [5.74, 6) is -0.507. The summed E-state index contributed by atoms with van der Waals surface area (Å²) in [6.07, 6.45) is -4.52. The molecule has 0 bridgehead atoms. The van der Waals surface area contributed by atoms with E-state index < -0.39 is 17.6 Å². The van der Waals surface area contributed by atoms with Crippen molar-refractivity contribution >= 4 is 11.6 Å². The molecule has 0 spiro atoms. The van der Waals surface area contributed by atoms with Gasteiger partial charge in [-0.25, -0.2) is 9.37 Å². The molecule has 0 fully saturated rings. The Morgan fingerprint density at radius 2 is 1.79 bits per heavy atom. The first kappa shape index (κ1) is 13.8. The van der Waals surface area contributed by atoms with Crippen LogP contribution in [0.25, 0.3) is 11.3 Å². The molecular formula is C13H8ClF4N. The van der Waals surface area contributed by atoms with E-state index >= 15 is 0 Å². The average molecular weight is 290 g/mol. The molecule has 0 unspecified atom stereocenters. The van der Waals surface area contributed by atoms with Gasteiger partial charge >= 0.3 is 6.18 Å². The van der Waals surface area contributed by atoms with Crippen LogP contribution in [0.5, 0.6) is 0 Å². The monoisotopic (exact) mass is 289 g/mol. The second-order valence-electron chi connectivity index (χ2n) is 4.03. The Bertz CT molecular complexity index is 623. The normalized spacial score (nSPS) is 11.7. The lowest BCUT2D eigenvalue weighted by molar-refractivity contribution is -0.137. The number of aryl methyl sites for hydroxylation is 1. The summed E-state index contributed by atoms with van der Waals surface area (Å²) in [5.41, 5.74) is -0.278. The summed E-state index contributed by atoms with van der Waals surface area (Å²) in [6.45, 7) is 1.56. The molecule has 0 saturated heterocycles. The molecule has 1 aromatic carbocycles. The quantitative estimate of drug-likeness (QED) is 0.539. The highest BCUT2D eigenvalue weighted by molar-refractivity contribution is 6.29. The second kappa shape index (κ2) is 4.81. The van der Waals surface area contributed by atoms with Gasteiger partial charge in [0.15, 0.2) is 0 Å². The zero-order valence-corrected chi connectivity index (χ0v) is 10.5. The van der Waals surface area contributed by atoms with Gasteiger partial charge in [-0.2, -0.15) is 13.2 Å². The number of benzene rings is 1. The summed E-state index contributed by atoms with van der Waals surface area (Å²) in [4.78, 5) is 3.79.